The van der Waals surface area contributed by atoms with Crippen LogP contribution in [-0.2, 0) is 4.43 Å². The highest BCUT2D eigenvalue weighted by atomic mass is 28.4. The monoisotopic (exact) mass is 416 g/mol. The van der Waals surface area contributed by atoms with Crippen molar-refractivity contribution < 1.29 is 19.7 Å². The van der Waals surface area contributed by atoms with Crippen molar-refractivity contribution in [3.05, 3.63) is 60.7 Å². The number of benzene rings is 2. The molecule has 0 saturated heterocycles. The molecule has 2 aromatic carbocycles. The highest BCUT2D eigenvalue weighted by Gasteiger charge is 2.50. The van der Waals surface area contributed by atoms with Crippen LogP contribution in [-0.4, -0.2) is 49.1 Å². The van der Waals surface area contributed by atoms with Gasteiger partial charge in [-0.05, 0) is 15.4 Å². The van der Waals surface area contributed by atoms with Gasteiger partial charge in [0.15, 0.2) is 0 Å². The first-order chi connectivity index (χ1) is 13.6. The van der Waals surface area contributed by atoms with E-state index in [9.17, 15) is 15.3 Å². The van der Waals surface area contributed by atoms with E-state index in [2.05, 4.69) is 45.0 Å². The fraction of sp³-hybridized carbons (Fsp3) is 0.500. The van der Waals surface area contributed by atoms with E-state index in [1.165, 1.54) is 10.4 Å². The second-order valence-electron chi connectivity index (χ2n) is 9.05. The maximum Gasteiger partial charge on any atom is 0.261 e. The summed E-state index contributed by atoms with van der Waals surface area (Å²) in [6, 6.07) is 20.8. The zero-order valence-corrected chi connectivity index (χ0v) is 19.2. The molecule has 0 aromatic heterocycles. The maximum atomic E-state index is 10.7. The van der Waals surface area contributed by atoms with E-state index < -0.39 is 26.4 Å². The third-order valence-electron chi connectivity index (χ3n) is 5.90. The Morgan fingerprint density at radius 1 is 0.862 bits per heavy atom. The summed E-state index contributed by atoms with van der Waals surface area (Å²) in [7, 11) is -2.65. The number of aliphatic hydroxyl groups is 3. The Balaban J connectivity index is 2.41. The van der Waals surface area contributed by atoms with Gasteiger partial charge < -0.3 is 19.7 Å². The van der Waals surface area contributed by atoms with Crippen LogP contribution >= 0.6 is 0 Å². The highest BCUT2D eigenvalue weighted by Crippen LogP contribution is 2.37. The van der Waals surface area contributed by atoms with Crippen LogP contribution < -0.4 is 10.4 Å². The molecule has 160 valence electrons. The molecule has 4 nitrogen and oxygen atoms in total. The fourth-order valence-corrected chi connectivity index (χ4v) is 8.70. The summed E-state index contributed by atoms with van der Waals surface area (Å²) in [5.41, 5.74) is 0. The molecule has 0 aliphatic rings. The summed E-state index contributed by atoms with van der Waals surface area (Å²) < 4.78 is 6.85. The van der Waals surface area contributed by atoms with E-state index in [4.69, 9.17) is 4.43 Å². The minimum Gasteiger partial charge on any atom is -0.407 e. The summed E-state index contributed by atoms with van der Waals surface area (Å²) >= 11 is 0. The van der Waals surface area contributed by atoms with Crippen molar-refractivity contribution in [3.63, 3.8) is 0 Å². The van der Waals surface area contributed by atoms with Gasteiger partial charge in [0, 0.05) is 18.4 Å². The minimum atomic E-state index is -2.65. The summed E-state index contributed by atoms with van der Waals surface area (Å²) in [6.45, 7) is 10.4. The van der Waals surface area contributed by atoms with E-state index in [1.807, 2.05) is 43.3 Å². The van der Waals surface area contributed by atoms with Gasteiger partial charge in [-0.1, -0.05) is 95.3 Å². The molecule has 0 aliphatic heterocycles. The molecular weight excluding hydrogens is 380 g/mol. The van der Waals surface area contributed by atoms with Crippen molar-refractivity contribution in [1.29, 1.82) is 0 Å². The largest absolute Gasteiger partial charge is 0.407 e. The standard InChI is InChI=1S/C24H36O4Si/c1-18(23(27)19(2)22(26)16-25)17-28-29(24(3,4)5,20-12-8-6-9-13-20)21-14-10-7-11-15-21/h6-15,18-19,22-23,25-27H,16-17H2,1-5H3/t18-,19+,22?,23+/m1/s1. The van der Waals surface area contributed by atoms with Crippen LogP contribution in [0.3, 0.4) is 0 Å². The number of hydrogen-bond donors (Lipinski definition) is 3. The number of aliphatic hydroxyl groups excluding tert-OH is 3. The Hall–Kier alpha value is -1.50. The van der Waals surface area contributed by atoms with Crippen LogP contribution in [0.5, 0.6) is 0 Å². The lowest BCUT2D eigenvalue weighted by Crippen LogP contribution is -2.67. The van der Waals surface area contributed by atoms with Gasteiger partial charge in [-0.15, -0.1) is 0 Å². The van der Waals surface area contributed by atoms with Crippen molar-refractivity contribution in [2.45, 2.75) is 51.9 Å². The topological polar surface area (TPSA) is 69.9 Å². The average Bonchev–Trinajstić information content (AvgIpc) is 2.72. The third-order valence-corrected chi connectivity index (χ3v) is 10.9. The Morgan fingerprint density at radius 3 is 1.69 bits per heavy atom. The van der Waals surface area contributed by atoms with Crippen LogP contribution in [0.1, 0.15) is 34.6 Å². The maximum absolute atomic E-state index is 10.7. The van der Waals surface area contributed by atoms with Crippen LogP contribution in [0.25, 0.3) is 0 Å². The molecule has 0 heterocycles. The van der Waals surface area contributed by atoms with Gasteiger partial charge in [-0.2, -0.15) is 0 Å². The average molecular weight is 417 g/mol. The summed E-state index contributed by atoms with van der Waals surface area (Å²) in [4.78, 5) is 0. The first kappa shape index (κ1) is 23.8. The molecule has 1 unspecified atom stereocenters. The molecule has 2 rings (SSSR count). The van der Waals surface area contributed by atoms with Crippen molar-refractivity contribution >= 4 is 18.7 Å². The Bertz CT molecular complexity index is 690. The SMILES string of the molecule is C[C@H](CO[Si](c1ccccc1)(c1ccccc1)C(C)(C)C)[C@H](O)[C@@H](C)C(O)CO. The van der Waals surface area contributed by atoms with Gasteiger partial charge in [0.1, 0.15) is 0 Å². The van der Waals surface area contributed by atoms with Crippen LogP contribution in [0, 0.1) is 11.8 Å². The quantitative estimate of drug-likeness (QED) is 0.550. The van der Waals surface area contributed by atoms with E-state index in [1.54, 1.807) is 6.92 Å². The predicted octanol–water partition coefficient (Wildman–Crippen LogP) is 2.55. The fourth-order valence-electron chi connectivity index (χ4n) is 4.03. The van der Waals surface area contributed by atoms with E-state index in [-0.39, 0.29) is 17.6 Å². The van der Waals surface area contributed by atoms with Gasteiger partial charge in [-0.25, -0.2) is 0 Å². The molecular formula is C24H36O4Si. The third kappa shape index (κ3) is 5.16. The summed E-state index contributed by atoms with van der Waals surface area (Å²) in [6.07, 6.45) is -1.71. The zero-order chi connectivity index (χ0) is 21.7. The molecule has 0 spiro atoms. The van der Waals surface area contributed by atoms with Crippen LogP contribution in [0.4, 0.5) is 0 Å². The smallest absolute Gasteiger partial charge is 0.261 e. The van der Waals surface area contributed by atoms with Gasteiger partial charge in [0.25, 0.3) is 8.32 Å². The molecule has 0 amide bonds. The first-order valence-corrected chi connectivity index (χ1v) is 12.3. The van der Waals surface area contributed by atoms with Gasteiger partial charge in [0.05, 0.1) is 18.8 Å². The molecule has 0 radical (unpaired) electrons. The van der Waals surface area contributed by atoms with Crippen molar-refractivity contribution in [2.75, 3.05) is 13.2 Å². The van der Waals surface area contributed by atoms with Crippen molar-refractivity contribution in [2.24, 2.45) is 11.8 Å². The molecule has 5 heteroatoms. The summed E-state index contributed by atoms with van der Waals surface area (Å²) in [5.74, 6) is -0.620. The normalized spacial score (nSPS) is 16.8. The lowest BCUT2D eigenvalue weighted by atomic mass is 9.90. The lowest BCUT2D eigenvalue weighted by Gasteiger charge is -2.44. The van der Waals surface area contributed by atoms with Gasteiger partial charge >= 0.3 is 0 Å². The number of rotatable bonds is 9. The van der Waals surface area contributed by atoms with Gasteiger partial charge in [0.2, 0.25) is 0 Å². The second kappa shape index (κ2) is 10.0. The molecule has 2 aromatic rings. The Labute approximate surface area is 176 Å². The number of hydrogen-bond acceptors (Lipinski definition) is 4. The lowest BCUT2D eigenvalue weighted by molar-refractivity contribution is -0.0365. The zero-order valence-electron chi connectivity index (χ0n) is 18.2. The van der Waals surface area contributed by atoms with E-state index >= 15 is 0 Å². The second-order valence-corrected chi connectivity index (χ2v) is 13.4. The van der Waals surface area contributed by atoms with Crippen molar-refractivity contribution in [1.82, 2.24) is 0 Å². The van der Waals surface area contributed by atoms with Crippen LogP contribution in [0.2, 0.25) is 5.04 Å². The Kier molecular flexibility index (Phi) is 8.20. The predicted molar refractivity (Wildman–Crippen MR) is 121 cm³/mol. The molecule has 29 heavy (non-hydrogen) atoms. The highest BCUT2D eigenvalue weighted by molar-refractivity contribution is 6.99. The molecule has 4 atom stereocenters. The van der Waals surface area contributed by atoms with E-state index in [0.717, 1.165) is 0 Å². The van der Waals surface area contributed by atoms with Crippen molar-refractivity contribution in [3.8, 4) is 0 Å². The first-order valence-electron chi connectivity index (χ1n) is 10.4. The Morgan fingerprint density at radius 2 is 1.31 bits per heavy atom. The minimum absolute atomic E-state index is 0.128. The van der Waals surface area contributed by atoms with Crippen LogP contribution in [0.15, 0.2) is 60.7 Å². The molecule has 0 bridgehead atoms. The van der Waals surface area contributed by atoms with Gasteiger partial charge in [-0.3, -0.25) is 0 Å². The molecule has 0 saturated carbocycles. The summed E-state index contributed by atoms with van der Waals surface area (Å²) in [5, 5.41) is 32.1. The molecule has 3 N–H and O–H groups in total. The van der Waals surface area contributed by atoms with E-state index in [0.29, 0.717) is 6.61 Å². The molecule has 0 aliphatic carbocycles. The molecule has 0 fully saturated rings.